The van der Waals surface area contributed by atoms with E-state index < -0.39 is 11.9 Å². The minimum Gasteiger partial charge on any atom is -0.481 e. The number of hydrogen-bond acceptors (Lipinski definition) is 4. The summed E-state index contributed by atoms with van der Waals surface area (Å²) in [5.74, 6) is -1.49. The molecule has 0 aliphatic rings. The van der Waals surface area contributed by atoms with E-state index in [2.05, 4.69) is 6.58 Å². The van der Waals surface area contributed by atoms with Crippen LogP contribution in [0.4, 0.5) is 0 Å². The first-order valence-corrected chi connectivity index (χ1v) is 3.96. The molecule has 0 aromatic heterocycles. The Morgan fingerprint density at radius 2 is 1.13 bits per heavy atom. The van der Waals surface area contributed by atoms with E-state index in [1.165, 1.54) is 0 Å². The van der Waals surface area contributed by atoms with Gasteiger partial charge in [-0.05, 0) is 6.92 Å². The third kappa shape index (κ3) is 209. The highest BCUT2D eigenvalue weighted by Gasteiger charge is 1.81. The van der Waals surface area contributed by atoms with Gasteiger partial charge in [-0.1, -0.05) is 19.9 Å². The lowest BCUT2D eigenvalue weighted by Gasteiger charge is -1.71. The number of allylic oxidation sites excluding steroid dienone is 1. The predicted octanol–water partition coefficient (Wildman–Crippen LogP) is 2.48. The van der Waals surface area contributed by atoms with Crippen molar-refractivity contribution in [1.29, 1.82) is 0 Å². The van der Waals surface area contributed by atoms with Gasteiger partial charge in [0, 0.05) is 12.8 Å². The molecule has 0 bridgehead atoms. The summed E-state index contributed by atoms with van der Waals surface area (Å²) in [7, 11) is 0. The number of carboxylic acid groups (broad SMARTS) is 2. The van der Waals surface area contributed by atoms with Crippen molar-refractivity contribution in [3.8, 4) is 0 Å². The van der Waals surface area contributed by atoms with Crippen LogP contribution < -0.4 is 12.3 Å². The van der Waals surface area contributed by atoms with Crippen LogP contribution in [0.3, 0.4) is 0 Å². The Labute approximate surface area is 91.2 Å². The molecule has 15 heavy (non-hydrogen) atoms. The lowest BCUT2D eigenvalue weighted by Crippen LogP contribution is -1.86. The Bertz CT molecular complexity index is 135. The highest BCUT2D eigenvalue weighted by atomic mass is 16.4. The van der Waals surface area contributed by atoms with Crippen LogP contribution in [0, 0.1) is 0 Å². The zero-order chi connectivity index (χ0) is 11.3. The summed E-state index contributed by atoms with van der Waals surface area (Å²) in [4.78, 5) is 18.7. The molecular formula is C9H24N2O4. The van der Waals surface area contributed by atoms with Gasteiger partial charge >= 0.3 is 11.9 Å². The molecular weight excluding hydrogens is 200 g/mol. The Morgan fingerprint density at radius 1 is 1.07 bits per heavy atom. The van der Waals surface area contributed by atoms with Crippen molar-refractivity contribution in [3.05, 3.63) is 12.7 Å². The summed E-state index contributed by atoms with van der Waals surface area (Å²) in [5, 5.41) is 15.4. The summed E-state index contributed by atoms with van der Waals surface area (Å²) in [6.07, 6.45) is 2.19. The zero-order valence-corrected chi connectivity index (χ0v) is 9.82. The van der Waals surface area contributed by atoms with Crippen LogP contribution in [0.2, 0.25) is 0 Å². The van der Waals surface area contributed by atoms with Crippen LogP contribution in [0.15, 0.2) is 12.7 Å². The zero-order valence-electron chi connectivity index (χ0n) is 9.82. The third-order valence-corrected chi connectivity index (χ3v) is 0.605. The summed E-state index contributed by atoms with van der Waals surface area (Å²) >= 11 is 0. The lowest BCUT2D eigenvalue weighted by molar-refractivity contribution is -0.137. The maximum Gasteiger partial charge on any atom is 0.303 e. The van der Waals surface area contributed by atoms with Crippen LogP contribution in [0.1, 0.15) is 33.6 Å². The first kappa shape index (κ1) is 29.2. The van der Waals surface area contributed by atoms with E-state index in [1.54, 1.807) is 19.9 Å². The molecule has 0 unspecified atom stereocenters. The Hall–Kier alpha value is -1.40. The highest BCUT2D eigenvalue weighted by Crippen LogP contribution is 1.67. The van der Waals surface area contributed by atoms with Crippen molar-refractivity contribution in [2.45, 2.75) is 33.6 Å². The summed E-state index contributed by atoms with van der Waals surface area (Å²) < 4.78 is 0. The number of carboxylic acids is 2. The van der Waals surface area contributed by atoms with E-state index in [0.717, 1.165) is 0 Å². The van der Waals surface area contributed by atoms with Gasteiger partial charge < -0.3 is 22.5 Å². The van der Waals surface area contributed by atoms with Crippen LogP contribution in [-0.4, -0.2) is 22.2 Å². The van der Waals surface area contributed by atoms with Crippen molar-refractivity contribution in [2.75, 3.05) is 0 Å². The van der Waals surface area contributed by atoms with Crippen LogP contribution in [-0.2, 0) is 9.59 Å². The molecule has 0 spiro atoms. The molecule has 0 fully saturated rings. The van der Waals surface area contributed by atoms with E-state index in [1.807, 2.05) is 6.92 Å². The molecule has 0 radical (unpaired) electrons. The Morgan fingerprint density at radius 3 is 1.13 bits per heavy atom. The highest BCUT2D eigenvalue weighted by molar-refractivity contribution is 5.66. The topological polar surface area (TPSA) is 145 Å². The molecule has 0 aromatic carbocycles. The first-order chi connectivity index (χ1) is 5.95. The predicted molar refractivity (Wildman–Crippen MR) is 61.8 cm³/mol. The van der Waals surface area contributed by atoms with Crippen LogP contribution in [0.25, 0.3) is 0 Å². The largest absolute Gasteiger partial charge is 0.481 e. The average Bonchev–Trinajstić information content (AvgIpc) is 2.07. The average molecular weight is 224 g/mol. The van der Waals surface area contributed by atoms with Gasteiger partial charge in [-0.2, -0.15) is 0 Å². The van der Waals surface area contributed by atoms with Gasteiger partial charge in [0.15, 0.2) is 0 Å². The molecule has 0 saturated carbocycles. The molecule has 6 heteroatoms. The van der Waals surface area contributed by atoms with Gasteiger partial charge in [0.1, 0.15) is 0 Å². The minimum absolute atomic E-state index is 0. The molecule has 0 aliphatic heterocycles. The molecule has 0 saturated heterocycles. The molecule has 0 amide bonds. The van der Waals surface area contributed by atoms with Crippen LogP contribution in [0.5, 0.6) is 0 Å². The van der Waals surface area contributed by atoms with Crippen molar-refractivity contribution < 1.29 is 19.8 Å². The standard InChI is InChI=1S/2C3H6O2.C3H6.2H3N/c2*1-2-3(4)5;1-3-2;;/h2*2H2,1H3,(H,4,5);3H,1H2,2H3;2*1H3. The SMILES string of the molecule is C=CC.CCC(=O)O.CCC(=O)O.N.N. The van der Waals surface area contributed by atoms with Gasteiger partial charge in [0.05, 0.1) is 0 Å². The minimum atomic E-state index is -0.745. The van der Waals surface area contributed by atoms with Crippen molar-refractivity contribution in [3.63, 3.8) is 0 Å². The molecule has 0 atom stereocenters. The fourth-order valence-corrected chi connectivity index (χ4v) is 0. The maximum atomic E-state index is 9.37. The van der Waals surface area contributed by atoms with E-state index in [0.29, 0.717) is 0 Å². The van der Waals surface area contributed by atoms with Gasteiger partial charge in [0.25, 0.3) is 0 Å². The summed E-state index contributed by atoms with van der Waals surface area (Å²) in [6.45, 7) is 8.45. The Balaban J connectivity index is -0.0000000322. The normalized spacial score (nSPS) is 5.80. The quantitative estimate of drug-likeness (QED) is 0.530. The fraction of sp³-hybridized carbons (Fsp3) is 0.556. The van der Waals surface area contributed by atoms with Gasteiger partial charge in [0.2, 0.25) is 0 Å². The molecule has 0 aliphatic carbocycles. The van der Waals surface area contributed by atoms with E-state index in [9.17, 15) is 9.59 Å². The summed E-state index contributed by atoms with van der Waals surface area (Å²) in [6, 6.07) is 0. The van der Waals surface area contributed by atoms with E-state index in [4.69, 9.17) is 10.2 Å². The Kier molecular flexibility index (Phi) is 57.1. The van der Waals surface area contributed by atoms with Gasteiger partial charge in [-0.15, -0.1) is 6.58 Å². The van der Waals surface area contributed by atoms with Crippen molar-refractivity contribution in [1.82, 2.24) is 12.3 Å². The fourth-order valence-electron chi connectivity index (χ4n) is 0. The molecule has 0 rings (SSSR count). The second-order valence-corrected chi connectivity index (χ2v) is 1.90. The van der Waals surface area contributed by atoms with E-state index >= 15 is 0 Å². The van der Waals surface area contributed by atoms with Crippen LogP contribution >= 0.6 is 0 Å². The van der Waals surface area contributed by atoms with Crippen molar-refractivity contribution >= 4 is 11.9 Å². The lowest BCUT2D eigenvalue weighted by atomic mass is 10.5. The number of hydrogen-bond donors (Lipinski definition) is 4. The smallest absolute Gasteiger partial charge is 0.303 e. The maximum absolute atomic E-state index is 9.37. The third-order valence-electron chi connectivity index (χ3n) is 0.605. The van der Waals surface area contributed by atoms with Crippen molar-refractivity contribution in [2.24, 2.45) is 0 Å². The van der Waals surface area contributed by atoms with E-state index in [-0.39, 0.29) is 25.1 Å². The number of aliphatic carboxylic acids is 2. The van der Waals surface area contributed by atoms with Gasteiger partial charge in [-0.25, -0.2) is 0 Å². The second-order valence-electron chi connectivity index (χ2n) is 1.90. The second kappa shape index (κ2) is 29.4. The molecule has 0 heterocycles. The monoisotopic (exact) mass is 224 g/mol. The first-order valence-electron chi connectivity index (χ1n) is 3.96. The number of rotatable bonds is 2. The molecule has 6 nitrogen and oxygen atoms in total. The molecule has 94 valence electrons. The van der Waals surface area contributed by atoms with Gasteiger partial charge in [-0.3, -0.25) is 9.59 Å². The number of carbonyl (C=O) groups is 2. The summed E-state index contributed by atoms with van der Waals surface area (Å²) in [5.41, 5.74) is 0. The molecule has 0 aromatic rings. The molecule has 8 N–H and O–H groups in total.